The van der Waals surface area contributed by atoms with Crippen LogP contribution in [-0.4, -0.2) is 29.4 Å². The topological polar surface area (TPSA) is 41.9 Å². The lowest BCUT2D eigenvalue weighted by atomic mass is 9.88. The molecule has 0 saturated heterocycles. The summed E-state index contributed by atoms with van der Waals surface area (Å²) in [6, 6.07) is 0. The molecule has 0 bridgehead atoms. The third kappa shape index (κ3) is 2.46. The van der Waals surface area contributed by atoms with Crippen LogP contribution in [0.3, 0.4) is 0 Å². The van der Waals surface area contributed by atoms with Crippen molar-refractivity contribution in [3.63, 3.8) is 0 Å². The van der Waals surface area contributed by atoms with Gasteiger partial charge in [0.25, 0.3) is 0 Å². The molecular formula is C16H18N2O2. The van der Waals surface area contributed by atoms with Crippen molar-refractivity contribution in [2.45, 2.75) is 32.8 Å². The quantitative estimate of drug-likeness (QED) is 0.677. The van der Waals surface area contributed by atoms with Crippen LogP contribution in [-0.2, 0) is 4.74 Å². The first-order valence-electron chi connectivity index (χ1n) is 6.76. The molecule has 0 saturated carbocycles. The van der Waals surface area contributed by atoms with E-state index < -0.39 is 5.60 Å². The summed E-state index contributed by atoms with van der Waals surface area (Å²) in [6.45, 7) is 6.21. The van der Waals surface area contributed by atoms with Crippen LogP contribution in [0.5, 0.6) is 0 Å². The largest absolute Gasteiger partial charge is 0.443 e. The number of ether oxygens (including phenoxy) is 1. The maximum absolute atomic E-state index is 12.1. The van der Waals surface area contributed by atoms with E-state index in [1.54, 1.807) is 11.1 Å². The molecule has 0 radical (unpaired) electrons. The maximum Gasteiger partial charge on any atom is 0.414 e. The number of aliphatic imine (C=N–C) groups is 1. The van der Waals surface area contributed by atoms with E-state index in [0.29, 0.717) is 6.54 Å². The van der Waals surface area contributed by atoms with Crippen LogP contribution in [0.15, 0.2) is 51.8 Å². The minimum Gasteiger partial charge on any atom is -0.443 e. The van der Waals surface area contributed by atoms with Gasteiger partial charge in [0.2, 0.25) is 0 Å². The van der Waals surface area contributed by atoms with Gasteiger partial charge in [0.1, 0.15) is 5.60 Å². The molecule has 2 aliphatic heterocycles. The number of amides is 1. The first-order chi connectivity index (χ1) is 9.42. The Labute approximate surface area is 118 Å². The highest BCUT2D eigenvalue weighted by Crippen LogP contribution is 2.33. The van der Waals surface area contributed by atoms with Gasteiger partial charge in [0.05, 0.1) is 6.54 Å². The van der Waals surface area contributed by atoms with E-state index in [1.807, 2.05) is 39.3 Å². The molecule has 0 unspecified atom stereocenters. The summed E-state index contributed by atoms with van der Waals surface area (Å²) in [7, 11) is 0. The van der Waals surface area contributed by atoms with E-state index >= 15 is 0 Å². The molecule has 0 fully saturated rings. The summed E-state index contributed by atoms with van der Waals surface area (Å²) < 4.78 is 5.40. The maximum atomic E-state index is 12.1. The Morgan fingerprint density at radius 3 is 2.95 bits per heavy atom. The van der Waals surface area contributed by atoms with Crippen LogP contribution in [0, 0.1) is 0 Å². The highest BCUT2D eigenvalue weighted by atomic mass is 16.6. The van der Waals surface area contributed by atoms with E-state index in [0.717, 1.165) is 6.42 Å². The van der Waals surface area contributed by atoms with E-state index in [2.05, 4.69) is 11.1 Å². The minimum atomic E-state index is -0.471. The van der Waals surface area contributed by atoms with Crippen molar-refractivity contribution >= 4 is 12.3 Å². The predicted octanol–water partition coefficient (Wildman–Crippen LogP) is 3.35. The molecule has 0 atom stereocenters. The van der Waals surface area contributed by atoms with Crippen LogP contribution in [0.1, 0.15) is 27.2 Å². The highest BCUT2D eigenvalue weighted by molar-refractivity contribution is 5.90. The molecule has 2 heterocycles. The molecule has 0 aromatic rings. The number of carbonyl (C=O) groups excluding carboxylic acids is 1. The van der Waals surface area contributed by atoms with Gasteiger partial charge in [-0.15, -0.1) is 0 Å². The average Bonchev–Trinajstić information content (AvgIpc) is 2.80. The molecule has 104 valence electrons. The van der Waals surface area contributed by atoms with Crippen LogP contribution in [0.4, 0.5) is 4.79 Å². The van der Waals surface area contributed by atoms with Crippen LogP contribution in [0.2, 0.25) is 0 Å². The van der Waals surface area contributed by atoms with E-state index in [9.17, 15) is 4.79 Å². The highest BCUT2D eigenvalue weighted by Gasteiger charge is 2.26. The molecule has 0 N–H and O–H groups in total. The smallest absolute Gasteiger partial charge is 0.414 e. The Kier molecular flexibility index (Phi) is 2.89. The van der Waals surface area contributed by atoms with Crippen LogP contribution in [0.25, 0.3) is 0 Å². The van der Waals surface area contributed by atoms with Crippen LogP contribution >= 0.6 is 0 Å². The van der Waals surface area contributed by atoms with Crippen molar-refractivity contribution in [1.82, 2.24) is 4.90 Å². The minimum absolute atomic E-state index is 0.299. The Morgan fingerprint density at radius 2 is 2.20 bits per heavy atom. The monoisotopic (exact) mass is 270 g/mol. The number of allylic oxidation sites excluding steroid dienone is 5. The van der Waals surface area contributed by atoms with Crippen molar-refractivity contribution in [2.75, 3.05) is 6.54 Å². The van der Waals surface area contributed by atoms with Gasteiger partial charge in [-0.25, -0.2) is 4.79 Å². The number of rotatable bonds is 0. The van der Waals surface area contributed by atoms with Gasteiger partial charge in [-0.2, -0.15) is 0 Å². The molecule has 4 nitrogen and oxygen atoms in total. The zero-order valence-corrected chi connectivity index (χ0v) is 12.0. The lowest BCUT2D eigenvalue weighted by molar-refractivity contribution is 0.0345. The lowest BCUT2D eigenvalue weighted by Crippen LogP contribution is -2.36. The van der Waals surface area contributed by atoms with Crippen LogP contribution < -0.4 is 0 Å². The summed E-state index contributed by atoms with van der Waals surface area (Å²) >= 11 is 0. The first-order valence-corrected chi connectivity index (χ1v) is 6.76. The van der Waals surface area contributed by atoms with E-state index in [4.69, 9.17) is 4.74 Å². The molecular weight excluding hydrogens is 252 g/mol. The fourth-order valence-electron chi connectivity index (χ4n) is 2.43. The number of hydrogen-bond donors (Lipinski definition) is 0. The summed E-state index contributed by atoms with van der Waals surface area (Å²) in [6.07, 6.45) is 10.2. The predicted molar refractivity (Wildman–Crippen MR) is 78.4 cm³/mol. The Balaban J connectivity index is 1.75. The second-order valence-corrected chi connectivity index (χ2v) is 6.19. The number of carbonyl (C=O) groups is 1. The fourth-order valence-corrected chi connectivity index (χ4v) is 2.43. The molecule has 1 amide bonds. The molecule has 3 rings (SSSR count). The summed E-state index contributed by atoms with van der Waals surface area (Å²) in [4.78, 5) is 17.9. The number of hydrogen-bond acceptors (Lipinski definition) is 3. The van der Waals surface area contributed by atoms with E-state index in [-0.39, 0.29) is 6.09 Å². The fraction of sp³-hybridized carbons (Fsp3) is 0.375. The third-order valence-electron chi connectivity index (χ3n) is 3.36. The second kappa shape index (κ2) is 4.47. The molecule has 0 aromatic heterocycles. The molecule has 20 heavy (non-hydrogen) atoms. The third-order valence-corrected chi connectivity index (χ3v) is 3.36. The molecule has 3 aliphatic rings. The van der Waals surface area contributed by atoms with Crippen molar-refractivity contribution in [3.8, 4) is 0 Å². The van der Waals surface area contributed by atoms with Crippen molar-refractivity contribution in [1.29, 1.82) is 0 Å². The molecule has 4 heteroatoms. The SMILES string of the molecule is CC(C)(C)OC(=O)N1C=CC2=C(CC3=CN=CC3=C2)C1. The summed E-state index contributed by atoms with van der Waals surface area (Å²) in [5.41, 5.74) is 4.35. The Morgan fingerprint density at radius 1 is 1.40 bits per heavy atom. The molecule has 0 aromatic carbocycles. The molecule has 1 aliphatic carbocycles. The number of nitrogens with zero attached hydrogens (tertiary/aromatic N) is 2. The first kappa shape index (κ1) is 12.9. The summed E-state index contributed by atoms with van der Waals surface area (Å²) in [5.74, 6) is 0. The van der Waals surface area contributed by atoms with Crippen molar-refractivity contribution < 1.29 is 9.53 Å². The normalized spacial score (nSPS) is 20.4. The molecule has 0 spiro atoms. The van der Waals surface area contributed by atoms with Gasteiger partial charge in [-0.05, 0) is 61.6 Å². The van der Waals surface area contributed by atoms with Crippen molar-refractivity contribution in [2.24, 2.45) is 4.99 Å². The average molecular weight is 270 g/mol. The van der Waals surface area contributed by atoms with Gasteiger partial charge in [-0.1, -0.05) is 0 Å². The van der Waals surface area contributed by atoms with E-state index in [1.165, 1.54) is 22.3 Å². The Hall–Kier alpha value is -2.10. The lowest BCUT2D eigenvalue weighted by Gasteiger charge is -2.30. The van der Waals surface area contributed by atoms with Gasteiger partial charge < -0.3 is 4.74 Å². The Bertz CT molecular complexity index is 613. The van der Waals surface area contributed by atoms with Gasteiger partial charge >= 0.3 is 6.09 Å². The zero-order valence-electron chi connectivity index (χ0n) is 12.0. The van der Waals surface area contributed by atoms with Gasteiger partial charge in [0, 0.05) is 18.6 Å². The zero-order chi connectivity index (χ0) is 14.3. The van der Waals surface area contributed by atoms with Crippen molar-refractivity contribution in [3.05, 3.63) is 46.8 Å². The van der Waals surface area contributed by atoms with Gasteiger partial charge in [0.15, 0.2) is 0 Å². The summed E-state index contributed by atoms with van der Waals surface area (Å²) in [5, 5.41) is 0. The number of fused-ring (bicyclic) bond motifs is 1. The standard InChI is InChI=1S/C16H18N2O2/c1-16(2,3)20-15(19)18-5-4-11-6-12-8-17-9-13(12)7-14(11)10-18/h4-6,8-9H,7,10H2,1-3H3. The second-order valence-electron chi connectivity index (χ2n) is 6.19. The van der Waals surface area contributed by atoms with Gasteiger partial charge in [-0.3, -0.25) is 9.89 Å².